The maximum atomic E-state index is 11.9. The summed E-state index contributed by atoms with van der Waals surface area (Å²) in [6.45, 7) is 5.96. The maximum Gasteiger partial charge on any atom is 0.256 e. The first-order valence-corrected chi connectivity index (χ1v) is 5.97. The third kappa shape index (κ3) is 3.85. The number of rotatable bonds is 6. The molecule has 1 aromatic heterocycles. The van der Waals surface area contributed by atoms with Gasteiger partial charge in [0.05, 0.1) is 11.8 Å². The molecule has 0 aliphatic carbocycles. The number of carbonyl (C=O) groups excluding carboxylic acids is 1. The molecule has 1 atom stereocenters. The molecule has 0 saturated carbocycles. The average Bonchev–Trinajstić information content (AvgIpc) is 2.65. The lowest BCUT2D eigenvalue weighted by Crippen LogP contribution is -2.26. The zero-order valence-corrected chi connectivity index (χ0v) is 10.6. The van der Waals surface area contributed by atoms with E-state index in [1.807, 2.05) is 6.92 Å². The van der Waals surface area contributed by atoms with E-state index in [1.54, 1.807) is 13.8 Å². The van der Waals surface area contributed by atoms with Gasteiger partial charge in [-0.15, -0.1) is 0 Å². The molecule has 0 bridgehead atoms. The van der Waals surface area contributed by atoms with Crippen molar-refractivity contribution in [3.8, 4) is 0 Å². The highest BCUT2D eigenvalue weighted by Crippen LogP contribution is 2.13. The Kier molecular flexibility index (Phi) is 5.15. The topological polar surface area (TPSA) is 75.4 Å². The number of hydrogen-bond acceptors (Lipinski definition) is 4. The smallest absolute Gasteiger partial charge is 0.256 e. The van der Waals surface area contributed by atoms with Gasteiger partial charge in [-0.05, 0) is 33.1 Å². The van der Waals surface area contributed by atoms with Gasteiger partial charge in [-0.2, -0.15) is 0 Å². The molecule has 0 fully saturated rings. The first-order valence-electron chi connectivity index (χ1n) is 5.97. The predicted octanol–water partition coefficient (Wildman–Crippen LogP) is 1.44. The molecule has 1 heterocycles. The Morgan fingerprint density at radius 2 is 2.29 bits per heavy atom. The van der Waals surface area contributed by atoms with E-state index in [2.05, 4.69) is 10.5 Å². The van der Waals surface area contributed by atoms with Gasteiger partial charge in [0.15, 0.2) is 0 Å². The van der Waals surface area contributed by atoms with Crippen molar-refractivity contribution in [3.63, 3.8) is 0 Å². The maximum absolute atomic E-state index is 11.9. The van der Waals surface area contributed by atoms with Gasteiger partial charge in [0, 0.05) is 6.54 Å². The van der Waals surface area contributed by atoms with E-state index in [0.29, 0.717) is 36.4 Å². The molecule has 2 N–H and O–H groups in total. The number of nitrogens with one attached hydrogen (secondary N) is 1. The highest BCUT2D eigenvalue weighted by Gasteiger charge is 2.18. The van der Waals surface area contributed by atoms with E-state index in [9.17, 15) is 4.79 Å². The summed E-state index contributed by atoms with van der Waals surface area (Å²) in [5.74, 6) is 0.404. The monoisotopic (exact) mass is 240 g/mol. The molecule has 0 spiro atoms. The highest BCUT2D eigenvalue weighted by molar-refractivity contribution is 5.96. The van der Waals surface area contributed by atoms with Crippen LogP contribution in [0.4, 0.5) is 0 Å². The number of aromatic nitrogens is 1. The van der Waals surface area contributed by atoms with Gasteiger partial charge in [0.1, 0.15) is 11.3 Å². The molecule has 0 radical (unpaired) electrons. The highest BCUT2D eigenvalue weighted by atomic mass is 16.5. The molecule has 1 amide bonds. The minimum Gasteiger partial charge on any atom is -0.393 e. The summed E-state index contributed by atoms with van der Waals surface area (Å²) in [7, 11) is 0. The molecule has 5 heteroatoms. The van der Waals surface area contributed by atoms with E-state index >= 15 is 0 Å². The number of hydrogen-bond donors (Lipinski definition) is 2. The number of aliphatic hydroxyl groups is 1. The van der Waals surface area contributed by atoms with Gasteiger partial charge in [0.25, 0.3) is 5.91 Å². The fraction of sp³-hybridized carbons (Fsp3) is 0.667. The van der Waals surface area contributed by atoms with Gasteiger partial charge in [-0.3, -0.25) is 4.79 Å². The molecule has 0 aliphatic rings. The van der Waals surface area contributed by atoms with Gasteiger partial charge < -0.3 is 14.9 Å². The minimum atomic E-state index is -0.324. The number of nitrogens with zero attached hydrogens (tertiary/aromatic N) is 1. The van der Waals surface area contributed by atoms with Crippen molar-refractivity contribution in [1.82, 2.24) is 10.5 Å². The van der Waals surface area contributed by atoms with Gasteiger partial charge >= 0.3 is 0 Å². The zero-order chi connectivity index (χ0) is 12.8. The van der Waals surface area contributed by atoms with Crippen LogP contribution in [0.1, 0.15) is 48.5 Å². The van der Waals surface area contributed by atoms with Crippen LogP contribution in [0, 0.1) is 6.92 Å². The molecule has 1 rings (SSSR count). The average molecular weight is 240 g/mol. The molecule has 5 nitrogen and oxygen atoms in total. The van der Waals surface area contributed by atoms with Crippen molar-refractivity contribution in [2.75, 3.05) is 6.54 Å². The van der Waals surface area contributed by atoms with Crippen LogP contribution in [0.15, 0.2) is 4.52 Å². The van der Waals surface area contributed by atoms with E-state index < -0.39 is 0 Å². The van der Waals surface area contributed by atoms with Crippen LogP contribution in [0.3, 0.4) is 0 Å². The lowest BCUT2D eigenvalue weighted by Gasteiger charge is -2.06. The van der Waals surface area contributed by atoms with Crippen LogP contribution in [0.25, 0.3) is 0 Å². The summed E-state index contributed by atoms with van der Waals surface area (Å²) < 4.78 is 5.00. The van der Waals surface area contributed by atoms with Crippen molar-refractivity contribution in [2.24, 2.45) is 0 Å². The predicted molar refractivity (Wildman–Crippen MR) is 63.9 cm³/mol. The molecular weight excluding hydrogens is 220 g/mol. The molecule has 1 unspecified atom stereocenters. The van der Waals surface area contributed by atoms with Crippen LogP contribution in [-0.2, 0) is 6.42 Å². The molecule has 1 aromatic rings. The zero-order valence-electron chi connectivity index (χ0n) is 10.6. The van der Waals surface area contributed by atoms with Crippen molar-refractivity contribution < 1.29 is 14.4 Å². The summed E-state index contributed by atoms with van der Waals surface area (Å²) in [6.07, 6.45) is 1.79. The number of amides is 1. The Balaban J connectivity index is 2.49. The van der Waals surface area contributed by atoms with Crippen LogP contribution in [-0.4, -0.2) is 28.8 Å². The van der Waals surface area contributed by atoms with Crippen LogP contribution in [0.2, 0.25) is 0 Å². The van der Waals surface area contributed by atoms with Crippen LogP contribution >= 0.6 is 0 Å². The lowest BCUT2D eigenvalue weighted by molar-refractivity contribution is 0.0947. The first kappa shape index (κ1) is 13.7. The molecule has 0 aliphatic heterocycles. The largest absolute Gasteiger partial charge is 0.393 e. The normalized spacial score (nSPS) is 12.5. The Hall–Kier alpha value is -1.36. The molecule has 0 aromatic carbocycles. The number of carbonyl (C=O) groups is 1. The fourth-order valence-corrected chi connectivity index (χ4v) is 1.64. The van der Waals surface area contributed by atoms with Crippen molar-refractivity contribution in [2.45, 2.75) is 46.1 Å². The second-order valence-corrected chi connectivity index (χ2v) is 4.16. The summed E-state index contributed by atoms with van der Waals surface area (Å²) in [5.41, 5.74) is 1.24. The van der Waals surface area contributed by atoms with Crippen molar-refractivity contribution in [1.29, 1.82) is 0 Å². The summed E-state index contributed by atoms with van der Waals surface area (Å²) >= 11 is 0. The number of aliphatic hydroxyl groups excluding tert-OH is 1. The third-order valence-electron chi connectivity index (χ3n) is 2.58. The minimum absolute atomic E-state index is 0.147. The van der Waals surface area contributed by atoms with Gasteiger partial charge in [-0.25, -0.2) is 0 Å². The van der Waals surface area contributed by atoms with E-state index in [4.69, 9.17) is 9.63 Å². The molecule has 0 saturated heterocycles. The SMILES string of the molecule is CCc1noc(C)c1C(=O)NCCCC(C)O. The Morgan fingerprint density at radius 3 is 2.88 bits per heavy atom. The molecular formula is C12H20N2O3. The summed E-state index contributed by atoms with van der Waals surface area (Å²) in [6, 6.07) is 0. The van der Waals surface area contributed by atoms with Gasteiger partial charge in [-0.1, -0.05) is 12.1 Å². The van der Waals surface area contributed by atoms with Crippen LogP contribution < -0.4 is 5.32 Å². The summed E-state index contributed by atoms with van der Waals surface area (Å²) in [5, 5.41) is 15.7. The Morgan fingerprint density at radius 1 is 1.59 bits per heavy atom. The van der Waals surface area contributed by atoms with Crippen LogP contribution in [0.5, 0.6) is 0 Å². The summed E-state index contributed by atoms with van der Waals surface area (Å²) in [4.78, 5) is 11.9. The third-order valence-corrected chi connectivity index (χ3v) is 2.58. The molecule has 17 heavy (non-hydrogen) atoms. The van der Waals surface area contributed by atoms with E-state index in [-0.39, 0.29) is 12.0 Å². The van der Waals surface area contributed by atoms with Crippen molar-refractivity contribution >= 4 is 5.91 Å². The van der Waals surface area contributed by atoms with E-state index in [0.717, 1.165) is 6.42 Å². The Bertz CT molecular complexity index is 372. The standard InChI is InChI=1S/C12H20N2O3/c1-4-10-11(9(3)17-14-10)12(16)13-7-5-6-8(2)15/h8,15H,4-7H2,1-3H3,(H,13,16). The molecule has 96 valence electrons. The fourth-order valence-electron chi connectivity index (χ4n) is 1.64. The Labute approximate surface area is 101 Å². The van der Waals surface area contributed by atoms with Crippen molar-refractivity contribution in [3.05, 3.63) is 17.0 Å². The second kappa shape index (κ2) is 6.39. The lowest BCUT2D eigenvalue weighted by atomic mass is 10.1. The van der Waals surface area contributed by atoms with Gasteiger partial charge in [0.2, 0.25) is 0 Å². The van der Waals surface area contributed by atoms with E-state index in [1.165, 1.54) is 0 Å². The quantitative estimate of drug-likeness (QED) is 0.738. The number of aryl methyl sites for hydroxylation is 2. The first-order chi connectivity index (χ1) is 8.06. The second-order valence-electron chi connectivity index (χ2n) is 4.16.